The van der Waals surface area contributed by atoms with Crippen LogP contribution in [0.15, 0.2) is 42.7 Å². The number of aromatic nitrogens is 2. The van der Waals surface area contributed by atoms with Gasteiger partial charge in [0.2, 0.25) is 11.8 Å². The fourth-order valence-corrected chi connectivity index (χ4v) is 3.01. The van der Waals surface area contributed by atoms with Gasteiger partial charge in [-0.3, -0.25) is 14.3 Å². The van der Waals surface area contributed by atoms with Gasteiger partial charge in [0.25, 0.3) is 0 Å². The van der Waals surface area contributed by atoms with E-state index >= 15 is 0 Å². The Balaban J connectivity index is 1.51. The van der Waals surface area contributed by atoms with Gasteiger partial charge in [0, 0.05) is 43.9 Å². The zero-order chi connectivity index (χ0) is 19.2. The van der Waals surface area contributed by atoms with Crippen LogP contribution in [-0.4, -0.2) is 66.4 Å². The smallest absolute Gasteiger partial charge is 0.247 e. The zero-order valence-corrected chi connectivity index (χ0v) is 15.7. The molecular formula is C19H25N5O3. The quantitative estimate of drug-likeness (QED) is 0.830. The molecule has 1 aliphatic rings. The van der Waals surface area contributed by atoms with Crippen molar-refractivity contribution in [3.8, 4) is 0 Å². The molecule has 0 radical (unpaired) electrons. The number of carbonyl (C=O) groups excluding carboxylic acids is 2. The topological polar surface area (TPSA) is 79.7 Å². The molecule has 1 N–H and O–H groups in total. The summed E-state index contributed by atoms with van der Waals surface area (Å²) in [4.78, 5) is 28.3. The van der Waals surface area contributed by atoms with Gasteiger partial charge in [-0.05, 0) is 37.3 Å². The predicted octanol–water partition coefficient (Wildman–Crippen LogP) is 1.38. The van der Waals surface area contributed by atoms with Crippen LogP contribution in [0, 0.1) is 0 Å². The highest BCUT2D eigenvalue weighted by Gasteiger charge is 2.21. The summed E-state index contributed by atoms with van der Waals surface area (Å²) in [5.41, 5.74) is 1.81. The second kappa shape index (κ2) is 8.68. The summed E-state index contributed by atoms with van der Waals surface area (Å²) in [5, 5.41) is 6.90. The number of rotatable bonds is 6. The van der Waals surface area contributed by atoms with Crippen LogP contribution in [0.3, 0.4) is 0 Å². The number of hydrogen-bond donors (Lipinski definition) is 1. The first kappa shape index (κ1) is 18.9. The molecule has 8 nitrogen and oxygen atoms in total. The van der Waals surface area contributed by atoms with Crippen LogP contribution >= 0.6 is 0 Å². The molecule has 0 saturated carbocycles. The molecule has 3 rings (SSSR count). The van der Waals surface area contributed by atoms with E-state index in [9.17, 15) is 9.59 Å². The maximum absolute atomic E-state index is 12.4. The van der Waals surface area contributed by atoms with Crippen LogP contribution in [0.2, 0.25) is 0 Å². The Morgan fingerprint density at radius 3 is 2.59 bits per heavy atom. The molecule has 1 aromatic heterocycles. The Kier molecular flexibility index (Phi) is 6.08. The van der Waals surface area contributed by atoms with E-state index in [1.807, 2.05) is 24.3 Å². The van der Waals surface area contributed by atoms with Crippen LogP contribution in [0.5, 0.6) is 0 Å². The summed E-state index contributed by atoms with van der Waals surface area (Å²) in [6.45, 7) is 4.94. The Morgan fingerprint density at radius 1 is 1.26 bits per heavy atom. The van der Waals surface area contributed by atoms with Crippen LogP contribution in [0.25, 0.3) is 0 Å². The number of nitrogens with zero attached hydrogens (tertiary/aromatic N) is 4. The van der Waals surface area contributed by atoms with Crippen molar-refractivity contribution in [1.82, 2.24) is 14.7 Å². The first-order valence-corrected chi connectivity index (χ1v) is 9.01. The van der Waals surface area contributed by atoms with Crippen molar-refractivity contribution in [1.29, 1.82) is 0 Å². The number of hydrogen-bond acceptors (Lipinski definition) is 5. The van der Waals surface area contributed by atoms with Crippen molar-refractivity contribution in [2.75, 3.05) is 50.1 Å². The lowest BCUT2D eigenvalue weighted by Gasteiger charge is -2.29. The van der Waals surface area contributed by atoms with Crippen LogP contribution in [0.1, 0.15) is 13.0 Å². The molecule has 1 fully saturated rings. The summed E-state index contributed by atoms with van der Waals surface area (Å²) < 4.78 is 6.93. The van der Waals surface area contributed by atoms with Crippen molar-refractivity contribution >= 4 is 23.2 Å². The molecule has 2 aromatic rings. The standard InChI is InChI=1S/C19H25N5O3/c1-15(24-9-3-8-20-24)19(26)22(2)14-18(25)21-16-4-6-17(7-5-16)23-10-12-27-13-11-23/h3-9,15H,10-14H2,1-2H3,(H,21,25). The number of nitrogens with one attached hydrogen (secondary N) is 1. The van der Waals surface area contributed by atoms with Gasteiger partial charge in [-0.25, -0.2) is 0 Å². The first-order chi connectivity index (χ1) is 13.0. The lowest BCUT2D eigenvalue weighted by atomic mass is 10.2. The molecule has 1 aliphatic heterocycles. The summed E-state index contributed by atoms with van der Waals surface area (Å²) in [6.07, 6.45) is 3.35. The summed E-state index contributed by atoms with van der Waals surface area (Å²) in [5.74, 6) is -0.408. The molecule has 2 heterocycles. The van der Waals surface area contributed by atoms with Gasteiger partial charge in [0.1, 0.15) is 6.04 Å². The highest BCUT2D eigenvalue weighted by atomic mass is 16.5. The minimum Gasteiger partial charge on any atom is -0.378 e. The molecule has 1 unspecified atom stereocenters. The monoisotopic (exact) mass is 371 g/mol. The third-order valence-corrected chi connectivity index (χ3v) is 4.56. The highest BCUT2D eigenvalue weighted by molar-refractivity contribution is 5.95. The number of amides is 2. The van der Waals surface area contributed by atoms with E-state index in [2.05, 4.69) is 15.3 Å². The Labute approximate surface area is 158 Å². The molecule has 0 aliphatic carbocycles. The molecule has 0 bridgehead atoms. The molecule has 27 heavy (non-hydrogen) atoms. The van der Waals surface area contributed by atoms with E-state index in [0.717, 1.165) is 32.0 Å². The molecule has 144 valence electrons. The fraction of sp³-hybridized carbons (Fsp3) is 0.421. The number of carbonyl (C=O) groups is 2. The van der Waals surface area contributed by atoms with Crippen LogP contribution in [-0.2, 0) is 14.3 Å². The van der Waals surface area contributed by atoms with Gasteiger partial charge in [-0.1, -0.05) is 0 Å². The largest absolute Gasteiger partial charge is 0.378 e. The van der Waals surface area contributed by atoms with E-state index in [0.29, 0.717) is 5.69 Å². The lowest BCUT2D eigenvalue weighted by molar-refractivity contribution is -0.136. The average Bonchev–Trinajstić information content (AvgIpc) is 3.22. The van der Waals surface area contributed by atoms with E-state index in [4.69, 9.17) is 4.74 Å². The molecule has 1 saturated heterocycles. The zero-order valence-electron chi connectivity index (χ0n) is 15.7. The number of anilines is 2. The number of benzene rings is 1. The van der Waals surface area contributed by atoms with Gasteiger partial charge >= 0.3 is 0 Å². The Morgan fingerprint density at radius 2 is 1.96 bits per heavy atom. The normalized spacial score (nSPS) is 15.3. The van der Waals surface area contributed by atoms with Gasteiger partial charge in [0.15, 0.2) is 0 Å². The average molecular weight is 371 g/mol. The van der Waals surface area contributed by atoms with Crippen LogP contribution in [0.4, 0.5) is 11.4 Å². The molecule has 0 spiro atoms. The number of morpholine rings is 1. The van der Waals surface area contributed by atoms with Crippen molar-refractivity contribution < 1.29 is 14.3 Å². The van der Waals surface area contributed by atoms with Crippen molar-refractivity contribution in [2.45, 2.75) is 13.0 Å². The third kappa shape index (κ3) is 4.85. The van der Waals surface area contributed by atoms with Gasteiger partial charge in [-0.2, -0.15) is 5.10 Å². The molecule has 1 atom stereocenters. The maximum Gasteiger partial charge on any atom is 0.247 e. The SMILES string of the molecule is CC(C(=O)N(C)CC(=O)Nc1ccc(N2CCOCC2)cc1)n1cccn1. The second-order valence-electron chi connectivity index (χ2n) is 6.55. The molecule has 2 amide bonds. The summed E-state index contributed by atoms with van der Waals surface area (Å²) in [7, 11) is 1.61. The van der Waals surface area contributed by atoms with E-state index in [1.54, 1.807) is 37.1 Å². The highest BCUT2D eigenvalue weighted by Crippen LogP contribution is 2.19. The van der Waals surface area contributed by atoms with Gasteiger partial charge in [0.05, 0.1) is 19.8 Å². The Hall–Kier alpha value is -2.87. The minimum atomic E-state index is -0.453. The molecule has 1 aromatic carbocycles. The van der Waals surface area contributed by atoms with E-state index < -0.39 is 6.04 Å². The second-order valence-corrected chi connectivity index (χ2v) is 6.55. The summed E-state index contributed by atoms with van der Waals surface area (Å²) >= 11 is 0. The van der Waals surface area contributed by atoms with Crippen molar-refractivity contribution in [3.63, 3.8) is 0 Å². The molecular weight excluding hydrogens is 346 g/mol. The van der Waals surface area contributed by atoms with Crippen molar-refractivity contribution in [2.24, 2.45) is 0 Å². The van der Waals surface area contributed by atoms with E-state index in [-0.39, 0.29) is 18.4 Å². The van der Waals surface area contributed by atoms with Crippen LogP contribution < -0.4 is 10.2 Å². The third-order valence-electron chi connectivity index (χ3n) is 4.56. The van der Waals surface area contributed by atoms with Crippen molar-refractivity contribution in [3.05, 3.63) is 42.7 Å². The maximum atomic E-state index is 12.4. The predicted molar refractivity (Wildman–Crippen MR) is 103 cm³/mol. The van der Waals surface area contributed by atoms with Gasteiger partial charge in [-0.15, -0.1) is 0 Å². The fourth-order valence-electron chi connectivity index (χ4n) is 3.01. The van der Waals surface area contributed by atoms with E-state index in [1.165, 1.54) is 4.90 Å². The number of likely N-dealkylation sites (N-methyl/N-ethyl adjacent to an activating group) is 1. The number of ether oxygens (including phenoxy) is 1. The molecule has 8 heteroatoms. The van der Waals surface area contributed by atoms with Gasteiger partial charge < -0.3 is 19.9 Å². The minimum absolute atomic E-state index is 0.0182. The lowest BCUT2D eigenvalue weighted by Crippen LogP contribution is -2.38. The Bertz CT molecular complexity index is 754. The summed E-state index contributed by atoms with van der Waals surface area (Å²) in [6, 6.07) is 9.02. The first-order valence-electron chi connectivity index (χ1n) is 9.01.